The molecule has 0 saturated heterocycles. The third kappa shape index (κ3) is 5.43. The first-order valence-electron chi connectivity index (χ1n) is 8.39. The standard InChI is InChI=1S/C17H36N2/c1-7-15(5)19(6)11-10-18-17-12-14(4)8-9-16(17)13(2)3/h13-18H,7-12H2,1-6H3. The van der Waals surface area contributed by atoms with E-state index in [-0.39, 0.29) is 0 Å². The number of nitrogens with one attached hydrogen (secondary N) is 1. The highest BCUT2D eigenvalue weighted by Gasteiger charge is 2.30. The fourth-order valence-corrected chi connectivity index (χ4v) is 3.40. The number of hydrogen-bond donors (Lipinski definition) is 1. The summed E-state index contributed by atoms with van der Waals surface area (Å²) in [5, 5.41) is 3.85. The molecule has 2 heteroatoms. The predicted molar refractivity (Wildman–Crippen MR) is 85.5 cm³/mol. The summed E-state index contributed by atoms with van der Waals surface area (Å²) in [6, 6.07) is 1.45. The Morgan fingerprint density at radius 2 is 1.89 bits per heavy atom. The molecule has 0 aromatic carbocycles. The van der Waals surface area contributed by atoms with Gasteiger partial charge in [0.15, 0.2) is 0 Å². The van der Waals surface area contributed by atoms with Crippen molar-refractivity contribution in [2.75, 3.05) is 20.1 Å². The maximum absolute atomic E-state index is 3.85. The summed E-state index contributed by atoms with van der Waals surface area (Å²) >= 11 is 0. The number of nitrogens with zero attached hydrogens (tertiary/aromatic N) is 1. The minimum absolute atomic E-state index is 0.702. The summed E-state index contributed by atoms with van der Waals surface area (Å²) in [6.45, 7) is 14.1. The van der Waals surface area contributed by atoms with Crippen LogP contribution in [0, 0.1) is 17.8 Å². The lowest BCUT2D eigenvalue weighted by molar-refractivity contribution is 0.162. The Labute approximate surface area is 121 Å². The van der Waals surface area contributed by atoms with E-state index in [1.807, 2.05) is 0 Å². The lowest BCUT2D eigenvalue weighted by Gasteiger charge is -2.38. The molecule has 0 radical (unpaired) electrons. The molecule has 1 aliphatic rings. The summed E-state index contributed by atoms with van der Waals surface area (Å²) in [7, 11) is 2.25. The summed E-state index contributed by atoms with van der Waals surface area (Å²) in [5.74, 6) is 2.60. The third-order valence-corrected chi connectivity index (χ3v) is 5.24. The van der Waals surface area contributed by atoms with Crippen molar-refractivity contribution in [3.05, 3.63) is 0 Å². The van der Waals surface area contributed by atoms with Crippen molar-refractivity contribution in [2.45, 2.75) is 72.4 Å². The highest BCUT2D eigenvalue weighted by Crippen LogP contribution is 2.33. The van der Waals surface area contributed by atoms with Crippen LogP contribution in [0.15, 0.2) is 0 Å². The van der Waals surface area contributed by atoms with Crippen molar-refractivity contribution in [1.29, 1.82) is 0 Å². The Bertz CT molecular complexity index is 239. The number of rotatable bonds is 7. The van der Waals surface area contributed by atoms with Gasteiger partial charge in [-0.3, -0.25) is 0 Å². The molecule has 1 saturated carbocycles. The normalized spacial score (nSPS) is 30.0. The molecule has 1 fully saturated rings. The Balaban J connectivity index is 2.36. The van der Waals surface area contributed by atoms with E-state index < -0.39 is 0 Å². The molecule has 0 amide bonds. The quantitative estimate of drug-likeness (QED) is 0.756. The van der Waals surface area contributed by atoms with Crippen molar-refractivity contribution in [1.82, 2.24) is 10.2 Å². The highest BCUT2D eigenvalue weighted by molar-refractivity contribution is 4.85. The molecule has 0 heterocycles. The fraction of sp³-hybridized carbons (Fsp3) is 1.00. The van der Waals surface area contributed by atoms with Crippen molar-refractivity contribution in [2.24, 2.45) is 17.8 Å². The van der Waals surface area contributed by atoms with Gasteiger partial charge in [-0.15, -0.1) is 0 Å². The first kappa shape index (κ1) is 17.0. The maximum atomic E-state index is 3.85. The molecule has 4 atom stereocenters. The first-order chi connectivity index (χ1) is 8.95. The van der Waals surface area contributed by atoms with E-state index in [9.17, 15) is 0 Å². The molecule has 1 N–H and O–H groups in total. The van der Waals surface area contributed by atoms with Gasteiger partial charge in [-0.1, -0.05) is 34.1 Å². The van der Waals surface area contributed by atoms with Crippen LogP contribution in [-0.4, -0.2) is 37.1 Å². The van der Waals surface area contributed by atoms with Crippen LogP contribution in [0.4, 0.5) is 0 Å². The average molecular weight is 268 g/mol. The van der Waals surface area contributed by atoms with E-state index in [0.717, 1.165) is 30.3 Å². The molecular weight excluding hydrogens is 232 g/mol. The van der Waals surface area contributed by atoms with Crippen molar-refractivity contribution >= 4 is 0 Å². The fourth-order valence-electron chi connectivity index (χ4n) is 3.40. The Hall–Kier alpha value is -0.0800. The van der Waals surface area contributed by atoms with Crippen LogP contribution < -0.4 is 5.32 Å². The van der Waals surface area contributed by atoms with Crippen molar-refractivity contribution in [3.8, 4) is 0 Å². The predicted octanol–water partition coefficient (Wildman–Crippen LogP) is 3.77. The number of hydrogen-bond acceptors (Lipinski definition) is 2. The van der Waals surface area contributed by atoms with Crippen LogP contribution >= 0.6 is 0 Å². The maximum Gasteiger partial charge on any atom is 0.0107 e. The van der Waals surface area contributed by atoms with Crippen molar-refractivity contribution in [3.63, 3.8) is 0 Å². The van der Waals surface area contributed by atoms with E-state index in [0.29, 0.717) is 6.04 Å². The van der Waals surface area contributed by atoms with Gasteiger partial charge in [0.05, 0.1) is 0 Å². The molecule has 4 unspecified atom stereocenters. The molecule has 0 aliphatic heterocycles. The summed E-state index contributed by atoms with van der Waals surface area (Å²) in [4.78, 5) is 2.48. The van der Waals surface area contributed by atoms with Gasteiger partial charge in [0, 0.05) is 25.2 Å². The van der Waals surface area contributed by atoms with Crippen LogP contribution in [-0.2, 0) is 0 Å². The third-order valence-electron chi connectivity index (χ3n) is 5.24. The molecular formula is C17H36N2. The van der Waals surface area contributed by atoms with E-state index in [1.54, 1.807) is 0 Å². The molecule has 1 aliphatic carbocycles. The zero-order valence-electron chi connectivity index (χ0n) is 14.1. The molecule has 114 valence electrons. The number of likely N-dealkylation sites (N-methyl/N-ethyl adjacent to an activating group) is 1. The molecule has 0 spiro atoms. The van der Waals surface area contributed by atoms with Crippen LogP contribution in [0.1, 0.15) is 60.3 Å². The zero-order chi connectivity index (χ0) is 14.4. The Morgan fingerprint density at radius 3 is 2.47 bits per heavy atom. The average Bonchev–Trinajstić information content (AvgIpc) is 2.37. The molecule has 0 bridgehead atoms. The van der Waals surface area contributed by atoms with Gasteiger partial charge in [-0.05, 0) is 51.0 Å². The van der Waals surface area contributed by atoms with Gasteiger partial charge < -0.3 is 10.2 Å². The van der Waals surface area contributed by atoms with Gasteiger partial charge >= 0.3 is 0 Å². The van der Waals surface area contributed by atoms with Gasteiger partial charge in [0.25, 0.3) is 0 Å². The van der Waals surface area contributed by atoms with E-state index in [1.165, 1.54) is 32.2 Å². The first-order valence-corrected chi connectivity index (χ1v) is 8.39. The summed E-state index contributed by atoms with van der Waals surface area (Å²) in [5.41, 5.74) is 0. The largest absolute Gasteiger partial charge is 0.312 e. The zero-order valence-corrected chi connectivity index (χ0v) is 14.1. The van der Waals surface area contributed by atoms with Crippen molar-refractivity contribution < 1.29 is 0 Å². The molecule has 0 aromatic heterocycles. The minimum Gasteiger partial charge on any atom is -0.312 e. The van der Waals surface area contributed by atoms with E-state index in [4.69, 9.17) is 0 Å². The second-order valence-corrected chi connectivity index (χ2v) is 7.12. The highest BCUT2D eigenvalue weighted by atomic mass is 15.1. The lowest BCUT2D eigenvalue weighted by Crippen LogP contribution is -2.46. The molecule has 2 nitrogen and oxygen atoms in total. The SMILES string of the molecule is CCC(C)N(C)CCNC1CC(C)CCC1C(C)C. The van der Waals surface area contributed by atoms with Crippen LogP contribution in [0.3, 0.4) is 0 Å². The van der Waals surface area contributed by atoms with Gasteiger partial charge in [-0.2, -0.15) is 0 Å². The molecule has 1 rings (SSSR count). The second-order valence-electron chi connectivity index (χ2n) is 7.12. The van der Waals surface area contributed by atoms with E-state index in [2.05, 4.69) is 51.9 Å². The van der Waals surface area contributed by atoms with Gasteiger partial charge in [-0.25, -0.2) is 0 Å². The van der Waals surface area contributed by atoms with E-state index >= 15 is 0 Å². The van der Waals surface area contributed by atoms with Gasteiger partial charge in [0.1, 0.15) is 0 Å². The summed E-state index contributed by atoms with van der Waals surface area (Å²) < 4.78 is 0. The van der Waals surface area contributed by atoms with Gasteiger partial charge in [0.2, 0.25) is 0 Å². The minimum atomic E-state index is 0.702. The Morgan fingerprint density at radius 1 is 1.21 bits per heavy atom. The Kier molecular flexibility index (Phi) is 7.38. The second kappa shape index (κ2) is 8.26. The smallest absolute Gasteiger partial charge is 0.0107 e. The molecule has 19 heavy (non-hydrogen) atoms. The van der Waals surface area contributed by atoms with Crippen LogP contribution in [0.2, 0.25) is 0 Å². The monoisotopic (exact) mass is 268 g/mol. The topological polar surface area (TPSA) is 15.3 Å². The molecule has 0 aromatic rings. The van der Waals surface area contributed by atoms with Crippen LogP contribution in [0.25, 0.3) is 0 Å². The van der Waals surface area contributed by atoms with Crippen LogP contribution in [0.5, 0.6) is 0 Å². The lowest BCUT2D eigenvalue weighted by atomic mass is 9.74. The summed E-state index contributed by atoms with van der Waals surface area (Å²) in [6.07, 6.45) is 5.45.